The van der Waals surface area contributed by atoms with Crippen LogP contribution in [-0.2, 0) is 0 Å². The van der Waals surface area contributed by atoms with Crippen molar-refractivity contribution in [3.8, 4) is 0 Å². The Morgan fingerprint density at radius 2 is 2.17 bits per heavy atom. The molecule has 62 valence electrons. The largest absolute Gasteiger partial charge is 0.427 e. The van der Waals surface area contributed by atoms with E-state index in [9.17, 15) is 4.79 Å². The minimum atomic E-state index is -0.385. The molecule has 0 saturated carbocycles. The molecule has 2 aromatic heterocycles. The van der Waals surface area contributed by atoms with Crippen molar-refractivity contribution in [1.82, 2.24) is 5.16 Å². The molecule has 2 rings (SSSR count). The number of aryl methyl sites for hydroxylation is 2. The van der Waals surface area contributed by atoms with Crippen LogP contribution in [0.15, 0.2) is 19.8 Å². The summed E-state index contributed by atoms with van der Waals surface area (Å²) < 4.78 is 9.77. The lowest BCUT2D eigenvalue weighted by molar-refractivity contribution is 0.445. The van der Waals surface area contributed by atoms with Gasteiger partial charge in [-0.15, -0.1) is 0 Å². The van der Waals surface area contributed by atoms with Gasteiger partial charge in [-0.3, -0.25) is 0 Å². The van der Waals surface area contributed by atoms with E-state index in [1.54, 1.807) is 19.9 Å². The summed E-state index contributed by atoms with van der Waals surface area (Å²) in [5.41, 5.74) is 0.670. The Bertz CT molecular complexity index is 480. The monoisotopic (exact) mass is 165 g/mol. The first-order valence-electron chi connectivity index (χ1n) is 3.55. The average molecular weight is 165 g/mol. The van der Waals surface area contributed by atoms with Crippen LogP contribution in [0.5, 0.6) is 0 Å². The molecule has 0 aromatic carbocycles. The van der Waals surface area contributed by atoms with Gasteiger partial charge in [0.15, 0.2) is 5.58 Å². The molecule has 0 aliphatic heterocycles. The molecule has 0 aliphatic carbocycles. The third kappa shape index (κ3) is 0.845. The Balaban J connectivity index is 3.03. The van der Waals surface area contributed by atoms with Crippen molar-refractivity contribution in [1.29, 1.82) is 0 Å². The average Bonchev–Trinajstić information content (AvgIpc) is 2.31. The fourth-order valence-corrected chi connectivity index (χ4v) is 1.15. The number of hydrogen-bond acceptors (Lipinski definition) is 4. The summed E-state index contributed by atoms with van der Waals surface area (Å²) in [7, 11) is 0. The van der Waals surface area contributed by atoms with Crippen molar-refractivity contribution in [2.45, 2.75) is 13.8 Å². The number of aromatic nitrogens is 1. The van der Waals surface area contributed by atoms with Crippen molar-refractivity contribution in [3.05, 3.63) is 27.9 Å². The van der Waals surface area contributed by atoms with Crippen LogP contribution in [0.25, 0.3) is 11.0 Å². The quantitative estimate of drug-likeness (QED) is 0.592. The van der Waals surface area contributed by atoms with Gasteiger partial charge in [0.05, 0.1) is 5.69 Å². The molecule has 0 unspecified atom stereocenters. The van der Waals surface area contributed by atoms with Gasteiger partial charge in [0.25, 0.3) is 0 Å². The molecule has 2 heterocycles. The summed E-state index contributed by atoms with van der Waals surface area (Å²) in [6, 6.07) is 1.65. The van der Waals surface area contributed by atoms with E-state index in [0.29, 0.717) is 22.4 Å². The molecule has 0 amide bonds. The first-order chi connectivity index (χ1) is 5.68. The zero-order valence-electron chi connectivity index (χ0n) is 6.75. The van der Waals surface area contributed by atoms with Crippen LogP contribution < -0.4 is 5.63 Å². The van der Waals surface area contributed by atoms with E-state index in [2.05, 4.69) is 5.16 Å². The Kier molecular flexibility index (Phi) is 1.30. The van der Waals surface area contributed by atoms with Crippen LogP contribution in [0.3, 0.4) is 0 Å². The van der Waals surface area contributed by atoms with Gasteiger partial charge in [-0.2, -0.15) is 0 Å². The standard InChI is InChI=1S/C8H7NO3/c1-4-3-6-7(8(10)11-4)5(2)9-12-6/h3H,1-2H3. The minimum Gasteiger partial charge on any atom is -0.427 e. The van der Waals surface area contributed by atoms with E-state index >= 15 is 0 Å². The first-order valence-corrected chi connectivity index (χ1v) is 3.55. The number of rotatable bonds is 0. The lowest BCUT2D eigenvalue weighted by Crippen LogP contribution is -1.99. The summed E-state index contributed by atoms with van der Waals surface area (Å²) in [5.74, 6) is 0.531. The van der Waals surface area contributed by atoms with E-state index < -0.39 is 0 Å². The second kappa shape index (κ2) is 2.20. The van der Waals surface area contributed by atoms with Crippen molar-refractivity contribution in [2.75, 3.05) is 0 Å². The van der Waals surface area contributed by atoms with Crippen molar-refractivity contribution < 1.29 is 8.94 Å². The van der Waals surface area contributed by atoms with Crippen LogP contribution >= 0.6 is 0 Å². The van der Waals surface area contributed by atoms with Gasteiger partial charge in [0, 0.05) is 6.07 Å². The Labute approximate surface area is 67.8 Å². The molecule has 4 heteroatoms. The molecule has 0 spiro atoms. The lowest BCUT2D eigenvalue weighted by atomic mass is 10.3. The van der Waals surface area contributed by atoms with E-state index in [-0.39, 0.29) is 5.63 Å². The molecule has 0 bridgehead atoms. The Morgan fingerprint density at radius 1 is 1.42 bits per heavy atom. The highest BCUT2D eigenvalue weighted by Gasteiger charge is 2.09. The SMILES string of the molecule is Cc1cc2onc(C)c2c(=O)o1. The summed E-state index contributed by atoms with van der Waals surface area (Å²) in [4.78, 5) is 11.2. The van der Waals surface area contributed by atoms with Crippen LogP contribution in [0.4, 0.5) is 0 Å². The fourth-order valence-electron chi connectivity index (χ4n) is 1.15. The summed E-state index contributed by atoms with van der Waals surface area (Å²) in [6.07, 6.45) is 0. The van der Waals surface area contributed by atoms with E-state index in [0.717, 1.165) is 0 Å². The van der Waals surface area contributed by atoms with Gasteiger partial charge in [-0.25, -0.2) is 4.79 Å². The van der Waals surface area contributed by atoms with Crippen LogP contribution in [0.1, 0.15) is 11.5 Å². The highest BCUT2D eigenvalue weighted by molar-refractivity contribution is 5.77. The van der Waals surface area contributed by atoms with E-state index in [1.807, 2.05) is 0 Å². The predicted molar refractivity (Wildman–Crippen MR) is 42.0 cm³/mol. The van der Waals surface area contributed by atoms with E-state index in [4.69, 9.17) is 8.94 Å². The van der Waals surface area contributed by atoms with E-state index in [1.165, 1.54) is 0 Å². The second-order valence-corrected chi connectivity index (χ2v) is 2.65. The van der Waals surface area contributed by atoms with Gasteiger partial charge in [0.1, 0.15) is 11.1 Å². The van der Waals surface area contributed by atoms with Gasteiger partial charge < -0.3 is 8.94 Å². The molecule has 2 aromatic rings. The molecular weight excluding hydrogens is 158 g/mol. The van der Waals surface area contributed by atoms with Crippen LogP contribution in [-0.4, -0.2) is 5.16 Å². The Morgan fingerprint density at radius 3 is 2.92 bits per heavy atom. The maximum atomic E-state index is 11.2. The molecule has 0 fully saturated rings. The molecule has 4 nitrogen and oxygen atoms in total. The van der Waals surface area contributed by atoms with Crippen LogP contribution in [0.2, 0.25) is 0 Å². The lowest BCUT2D eigenvalue weighted by Gasteiger charge is -1.88. The number of fused-ring (bicyclic) bond motifs is 1. The van der Waals surface area contributed by atoms with Crippen molar-refractivity contribution in [2.24, 2.45) is 0 Å². The van der Waals surface area contributed by atoms with Crippen molar-refractivity contribution >= 4 is 11.0 Å². The van der Waals surface area contributed by atoms with Gasteiger partial charge in [-0.05, 0) is 13.8 Å². The zero-order valence-corrected chi connectivity index (χ0v) is 6.75. The summed E-state index contributed by atoms with van der Waals surface area (Å²) in [6.45, 7) is 3.40. The second-order valence-electron chi connectivity index (χ2n) is 2.65. The zero-order chi connectivity index (χ0) is 8.72. The minimum absolute atomic E-state index is 0.385. The third-order valence-electron chi connectivity index (χ3n) is 1.68. The Hall–Kier alpha value is -1.58. The summed E-state index contributed by atoms with van der Waals surface area (Å²) in [5, 5.41) is 4.09. The highest BCUT2D eigenvalue weighted by Crippen LogP contribution is 2.14. The predicted octanol–water partition coefficient (Wildman–Crippen LogP) is 1.40. The van der Waals surface area contributed by atoms with Crippen molar-refractivity contribution in [3.63, 3.8) is 0 Å². The maximum absolute atomic E-state index is 11.2. The molecule has 0 aliphatic rings. The van der Waals surface area contributed by atoms with Gasteiger partial charge >= 0.3 is 5.63 Å². The highest BCUT2D eigenvalue weighted by atomic mass is 16.5. The number of hydrogen-bond donors (Lipinski definition) is 0. The molecule has 0 atom stereocenters. The smallest absolute Gasteiger partial charge is 0.349 e. The normalized spacial score (nSPS) is 10.8. The molecule has 12 heavy (non-hydrogen) atoms. The molecule has 0 saturated heterocycles. The molecule has 0 radical (unpaired) electrons. The van der Waals surface area contributed by atoms with Gasteiger partial charge in [-0.1, -0.05) is 5.16 Å². The number of nitrogens with zero attached hydrogens (tertiary/aromatic N) is 1. The summed E-state index contributed by atoms with van der Waals surface area (Å²) >= 11 is 0. The van der Waals surface area contributed by atoms with Gasteiger partial charge in [0.2, 0.25) is 0 Å². The molecular formula is C8H7NO3. The van der Waals surface area contributed by atoms with Crippen LogP contribution in [0, 0.1) is 13.8 Å². The molecule has 0 N–H and O–H groups in total. The topological polar surface area (TPSA) is 56.2 Å². The fraction of sp³-hybridized carbons (Fsp3) is 0.250. The first kappa shape index (κ1) is 7.09. The third-order valence-corrected chi connectivity index (χ3v) is 1.68. The maximum Gasteiger partial charge on any atom is 0.349 e.